The maximum atomic E-state index is 13.0. The third-order valence-corrected chi connectivity index (χ3v) is 5.87. The molecule has 0 saturated carbocycles. The van der Waals surface area contributed by atoms with Gasteiger partial charge in [-0.15, -0.1) is 0 Å². The van der Waals surface area contributed by atoms with Crippen LogP contribution in [-0.2, 0) is 5.41 Å². The molecule has 0 aliphatic rings. The van der Waals surface area contributed by atoms with Crippen LogP contribution in [0, 0.1) is 6.92 Å². The predicted octanol–water partition coefficient (Wildman–Crippen LogP) is 5.68. The minimum absolute atomic E-state index is 0.222. The summed E-state index contributed by atoms with van der Waals surface area (Å²) >= 11 is 0. The number of nitrogens with one attached hydrogen (secondary N) is 3. The van der Waals surface area contributed by atoms with E-state index in [2.05, 4.69) is 41.7 Å². The van der Waals surface area contributed by atoms with Crippen molar-refractivity contribution in [3.8, 4) is 22.9 Å². The molecule has 0 bridgehead atoms. The fourth-order valence-electron chi connectivity index (χ4n) is 3.75. The van der Waals surface area contributed by atoms with Gasteiger partial charge in [0, 0.05) is 42.5 Å². The average Bonchev–Trinajstić information content (AvgIpc) is 3.34. The van der Waals surface area contributed by atoms with Crippen LogP contribution in [-0.4, -0.2) is 40.9 Å². The van der Waals surface area contributed by atoms with Gasteiger partial charge >= 0.3 is 6.03 Å². The number of hydrogen-bond acceptors (Lipinski definition) is 6. The number of urea groups is 1. The van der Waals surface area contributed by atoms with Crippen molar-refractivity contribution in [3.63, 3.8) is 0 Å². The Morgan fingerprint density at radius 3 is 2.44 bits per heavy atom. The lowest BCUT2D eigenvalue weighted by molar-refractivity contribution is 0.0957. The number of carbonyl (C=O) groups is 2. The molecule has 0 aliphatic carbocycles. The van der Waals surface area contributed by atoms with Crippen molar-refractivity contribution in [1.82, 2.24) is 20.1 Å². The molecule has 4 aromatic rings. The Labute approximate surface area is 227 Å². The molecule has 0 atom stereocenters. The normalized spacial score (nSPS) is 11.0. The minimum atomic E-state index is -0.420. The van der Waals surface area contributed by atoms with Crippen LogP contribution in [0.1, 0.15) is 42.5 Å². The van der Waals surface area contributed by atoms with Crippen LogP contribution < -0.4 is 25.4 Å². The molecule has 0 spiro atoms. The fourth-order valence-corrected chi connectivity index (χ4v) is 3.75. The SMILES string of the molecule is CNC(=O)c1cc(Oc2ccc(NC(=O)Nc3cc(C(C)(C)C)nn3-c3cccc(OC)c3)cc2C)ccn1. The van der Waals surface area contributed by atoms with Crippen LogP contribution in [0.4, 0.5) is 16.3 Å². The predicted molar refractivity (Wildman–Crippen MR) is 150 cm³/mol. The van der Waals surface area contributed by atoms with E-state index in [1.54, 1.807) is 49.2 Å². The van der Waals surface area contributed by atoms with Gasteiger partial charge in [0.1, 0.15) is 28.8 Å². The zero-order valence-electron chi connectivity index (χ0n) is 22.8. The molecule has 0 aliphatic heterocycles. The monoisotopic (exact) mass is 528 g/mol. The van der Waals surface area contributed by atoms with Crippen molar-refractivity contribution in [2.45, 2.75) is 33.1 Å². The Hall–Kier alpha value is -4.86. The Kier molecular flexibility index (Phi) is 7.85. The van der Waals surface area contributed by atoms with Gasteiger partial charge in [0.25, 0.3) is 5.91 Å². The molecular formula is C29H32N6O4. The van der Waals surface area contributed by atoms with Crippen LogP contribution >= 0.6 is 0 Å². The second-order valence-corrected chi connectivity index (χ2v) is 9.90. The molecule has 202 valence electrons. The second kappa shape index (κ2) is 11.3. The number of hydrogen-bond donors (Lipinski definition) is 3. The molecule has 4 rings (SSSR count). The number of rotatable bonds is 7. The van der Waals surface area contributed by atoms with Gasteiger partial charge in [-0.25, -0.2) is 9.48 Å². The number of nitrogens with zero attached hydrogens (tertiary/aromatic N) is 3. The second-order valence-electron chi connectivity index (χ2n) is 9.90. The lowest BCUT2D eigenvalue weighted by atomic mass is 9.92. The van der Waals surface area contributed by atoms with Gasteiger partial charge < -0.3 is 20.1 Å². The molecule has 3 amide bonds. The Bertz CT molecular complexity index is 1510. The van der Waals surface area contributed by atoms with Gasteiger partial charge in [-0.1, -0.05) is 26.8 Å². The number of aromatic nitrogens is 3. The Morgan fingerprint density at radius 2 is 1.74 bits per heavy atom. The summed E-state index contributed by atoms with van der Waals surface area (Å²) in [5, 5.41) is 13.1. The minimum Gasteiger partial charge on any atom is -0.497 e. The van der Waals surface area contributed by atoms with E-state index < -0.39 is 6.03 Å². The van der Waals surface area contributed by atoms with Crippen LogP contribution in [0.2, 0.25) is 0 Å². The highest BCUT2D eigenvalue weighted by Gasteiger charge is 2.22. The van der Waals surface area contributed by atoms with Crippen molar-refractivity contribution >= 4 is 23.4 Å². The maximum Gasteiger partial charge on any atom is 0.324 e. The number of carbonyl (C=O) groups excluding carboxylic acids is 2. The summed E-state index contributed by atoms with van der Waals surface area (Å²) in [4.78, 5) is 28.9. The third kappa shape index (κ3) is 6.53. The standard InChI is InChI=1S/C29H32N6O4/c1-18-14-19(10-11-24(18)39-22-12-13-31-23(16-22)27(36)30-5)32-28(37)33-26-17-25(29(2,3)4)34-35(26)20-8-7-9-21(15-20)38-6/h7-17H,1-6H3,(H,30,36)(H2,32,33,37). The number of ether oxygens (including phenoxy) is 2. The van der Waals surface area contributed by atoms with Crippen LogP contribution in [0.5, 0.6) is 17.2 Å². The Morgan fingerprint density at radius 1 is 0.949 bits per heavy atom. The van der Waals surface area contributed by atoms with Crippen LogP contribution in [0.15, 0.2) is 66.9 Å². The number of benzene rings is 2. The number of amides is 3. The van der Waals surface area contributed by atoms with E-state index in [9.17, 15) is 9.59 Å². The molecule has 0 radical (unpaired) electrons. The quantitative estimate of drug-likeness (QED) is 0.284. The lowest BCUT2D eigenvalue weighted by Crippen LogP contribution is -2.21. The third-order valence-electron chi connectivity index (χ3n) is 5.87. The smallest absolute Gasteiger partial charge is 0.324 e. The molecule has 0 unspecified atom stereocenters. The Balaban J connectivity index is 1.51. The van der Waals surface area contributed by atoms with Crippen molar-refractivity contribution in [2.24, 2.45) is 0 Å². The topological polar surface area (TPSA) is 119 Å². The first kappa shape index (κ1) is 27.2. The highest BCUT2D eigenvalue weighted by Crippen LogP contribution is 2.29. The maximum absolute atomic E-state index is 13.0. The average molecular weight is 529 g/mol. The first-order valence-corrected chi connectivity index (χ1v) is 12.4. The van der Waals surface area contributed by atoms with Gasteiger partial charge in [-0.3, -0.25) is 15.1 Å². The van der Waals surface area contributed by atoms with E-state index in [0.717, 1.165) is 16.9 Å². The summed E-state index contributed by atoms with van der Waals surface area (Å²) < 4.78 is 13.0. The van der Waals surface area contributed by atoms with Crippen LogP contribution in [0.3, 0.4) is 0 Å². The number of anilines is 2. The summed E-state index contributed by atoms with van der Waals surface area (Å²) in [7, 11) is 3.15. The molecule has 3 N–H and O–H groups in total. The first-order valence-electron chi connectivity index (χ1n) is 12.4. The van der Waals surface area contributed by atoms with Crippen molar-refractivity contribution in [3.05, 3.63) is 83.8 Å². The van der Waals surface area contributed by atoms with Crippen molar-refractivity contribution in [2.75, 3.05) is 24.8 Å². The van der Waals surface area contributed by atoms with E-state index in [0.29, 0.717) is 28.8 Å². The molecule has 2 aromatic carbocycles. The molecule has 0 fully saturated rings. The largest absolute Gasteiger partial charge is 0.497 e. The zero-order chi connectivity index (χ0) is 28.2. The first-order chi connectivity index (χ1) is 18.6. The molecule has 2 heterocycles. The molecule has 39 heavy (non-hydrogen) atoms. The molecule has 10 nitrogen and oxygen atoms in total. The van der Waals surface area contributed by atoms with Gasteiger partial charge in [-0.05, 0) is 48.9 Å². The van der Waals surface area contributed by atoms with Gasteiger partial charge in [0.05, 0.1) is 18.5 Å². The van der Waals surface area contributed by atoms with E-state index in [4.69, 9.17) is 14.6 Å². The summed E-state index contributed by atoms with van der Waals surface area (Å²) in [5.74, 6) is 1.97. The van der Waals surface area contributed by atoms with Gasteiger partial charge in [-0.2, -0.15) is 5.10 Å². The number of pyridine rings is 1. The fraction of sp³-hybridized carbons (Fsp3) is 0.241. The molecule has 0 saturated heterocycles. The van der Waals surface area contributed by atoms with E-state index in [1.807, 2.05) is 37.3 Å². The van der Waals surface area contributed by atoms with Gasteiger partial charge in [0.15, 0.2) is 0 Å². The summed E-state index contributed by atoms with van der Waals surface area (Å²) in [6.07, 6.45) is 1.51. The molecular weight excluding hydrogens is 496 g/mol. The number of aryl methyl sites for hydroxylation is 1. The summed E-state index contributed by atoms with van der Waals surface area (Å²) in [6.45, 7) is 8.05. The lowest BCUT2D eigenvalue weighted by Gasteiger charge is -2.14. The summed E-state index contributed by atoms with van der Waals surface area (Å²) in [5.41, 5.74) is 3.00. The van der Waals surface area contributed by atoms with Gasteiger partial charge in [0.2, 0.25) is 0 Å². The van der Waals surface area contributed by atoms with E-state index >= 15 is 0 Å². The zero-order valence-corrected chi connectivity index (χ0v) is 22.8. The van der Waals surface area contributed by atoms with E-state index in [1.165, 1.54) is 6.20 Å². The van der Waals surface area contributed by atoms with Crippen molar-refractivity contribution in [1.29, 1.82) is 0 Å². The van der Waals surface area contributed by atoms with E-state index in [-0.39, 0.29) is 17.0 Å². The van der Waals surface area contributed by atoms with Crippen molar-refractivity contribution < 1.29 is 19.1 Å². The highest BCUT2D eigenvalue weighted by atomic mass is 16.5. The number of methoxy groups -OCH3 is 1. The molecule has 2 aromatic heterocycles. The summed E-state index contributed by atoms with van der Waals surface area (Å²) in [6, 6.07) is 17.4. The van der Waals surface area contributed by atoms with Crippen LogP contribution in [0.25, 0.3) is 5.69 Å². The highest BCUT2D eigenvalue weighted by molar-refractivity contribution is 5.99. The molecule has 10 heteroatoms.